The Bertz CT molecular complexity index is 444. The molecule has 0 amide bonds. The summed E-state index contributed by atoms with van der Waals surface area (Å²) in [5.41, 5.74) is 2.16. The zero-order valence-electron chi connectivity index (χ0n) is 9.74. The van der Waals surface area contributed by atoms with Crippen LogP contribution < -0.4 is 4.90 Å². The number of hydrogen-bond donors (Lipinski definition) is 0. The molecule has 0 saturated carbocycles. The van der Waals surface area contributed by atoms with Crippen molar-refractivity contribution in [2.24, 2.45) is 4.99 Å². The lowest BCUT2D eigenvalue weighted by Gasteiger charge is -2.29. The molecule has 0 radical (unpaired) electrons. The molecular formula is C13H15ClN2. The predicted molar refractivity (Wildman–Crippen MR) is 70.3 cm³/mol. The summed E-state index contributed by atoms with van der Waals surface area (Å²) in [6, 6.07) is 7.75. The molecule has 0 unspecified atom stereocenters. The van der Waals surface area contributed by atoms with Crippen LogP contribution in [-0.4, -0.2) is 11.9 Å². The van der Waals surface area contributed by atoms with Crippen molar-refractivity contribution in [3.63, 3.8) is 0 Å². The van der Waals surface area contributed by atoms with Crippen molar-refractivity contribution in [2.45, 2.75) is 26.3 Å². The van der Waals surface area contributed by atoms with Gasteiger partial charge in [0.25, 0.3) is 0 Å². The van der Waals surface area contributed by atoms with Gasteiger partial charge in [-0.2, -0.15) is 0 Å². The predicted octanol–water partition coefficient (Wildman–Crippen LogP) is 3.87. The van der Waals surface area contributed by atoms with Gasteiger partial charge in [0.2, 0.25) is 0 Å². The van der Waals surface area contributed by atoms with Gasteiger partial charge in [0.1, 0.15) is 0 Å². The second kappa shape index (κ2) is 3.95. The third kappa shape index (κ3) is 2.27. The molecule has 1 aromatic carbocycles. The SMILES string of the molecule is CC1=CC(C)(C)N=CN1c1ccc(Cl)cc1. The summed E-state index contributed by atoms with van der Waals surface area (Å²) in [5.74, 6) is 0. The zero-order valence-corrected chi connectivity index (χ0v) is 10.5. The minimum absolute atomic E-state index is 0.104. The number of aliphatic imine (C=N–C) groups is 1. The van der Waals surface area contributed by atoms with Crippen molar-refractivity contribution in [3.05, 3.63) is 41.1 Å². The Hall–Kier alpha value is -1.28. The van der Waals surface area contributed by atoms with Crippen molar-refractivity contribution >= 4 is 23.6 Å². The van der Waals surface area contributed by atoms with Gasteiger partial charge < -0.3 is 4.90 Å². The summed E-state index contributed by atoms with van der Waals surface area (Å²) in [6.45, 7) is 6.26. The van der Waals surface area contributed by atoms with E-state index in [4.69, 9.17) is 11.6 Å². The maximum absolute atomic E-state index is 5.87. The monoisotopic (exact) mass is 234 g/mol. The Balaban J connectivity index is 2.31. The average molecular weight is 235 g/mol. The first-order chi connectivity index (χ1) is 7.48. The van der Waals surface area contributed by atoms with Crippen LogP contribution in [0.1, 0.15) is 20.8 Å². The molecule has 0 fully saturated rings. The third-order valence-corrected chi connectivity index (χ3v) is 2.80. The van der Waals surface area contributed by atoms with Gasteiger partial charge in [0.15, 0.2) is 0 Å². The minimum atomic E-state index is -0.104. The molecule has 0 aromatic heterocycles. The number of anilines is 1. The normalized spacial score (nSPS) is 18.5. The molecule has 2 rings (SSSR count). The second-order valence-electron chi connectivity index (χ2n) is 4.53. The Morgan fingerprint density at radius 1 is 1.19 bits per heavy atom. The van der Waals surface area contributed by atoms with E-state index < -0.39 is 0 Å². The molecule has 3 heteroatoms. The first kappa shape index (κ1) is 11.2. The Labute approximate surface area is 101 Å². The Kier molecular flexibility index (Phi) is 2.76. The van der Waals surface area contributed by atoms with Crippen LogP contribution in [0.25, 0.3) is 0 Å². The fourth-order valence-corrected chi connectivity index (χ4v) is 1.91. The number of rotatable bonds is 1. The first-order valence-corrected chi connectivity index (χ1v) is 5.65. The van der Waals surface area contributed by atoms with Gasteiger partial charge in [0, 0.05) is 16.4 Å². The lowest BCUT2D eigenvalue weighted by molar-refractivity contribution is 0.644. The van der Waals surface area contributed by atoms with Gasteiger partial charge in [-0.3, -0.25) is 4.99 Å². The molecule has 0 atom stereocenters. The van der Waals surface area contributed by atoms with E-state index in [1.165, 1.54) is 5.70 Å². The quantitative estimate of drug-likeness (QED) is 0.720. The van der Waals surface area contributed by atoms with E-state index in [0.717, 1.165) is 10.7 Å². The second-order valence-corrected chi connectivity index (χ2v) is 4.97. The number of benzene rings is 1. The van der Waals surface area contributed by atoms with Crippen molar-refractivity contribution < 1.29 is 0 Å². The van der Waals surface area contributed by atoms with Gasteiger partial charge in [-0.05, 0) is 51.1 Å². The minimum Gasteiger partial charge on any atom is -0.306 e. The molecule has 84 valence electrons. The van der Waals surface area contributed by atoms with Gasteiger partial charge in [0.05, 0.1) is 11.9 Å². The first-order valence-electron chi connectivity index (χ1n) is 5.27. The highest BCUT2D eigenvalue weighted by molar-refractivity contribution is 6.30. The summed E-state index contributed by atoms with van der Waals surface area (Å²) < 4.78 is 0. The van der Waals surface area contributed by atoms with E-state index in [1.807, 2.05) is 30.6 Å². The number of allylic oxidation sites excluding steroid dienone is 1. The molecular weight excluding hydrogens is 220 g/mol. The average Bonchev–Trinajstić information content (AvgIpc) is 2.19. The lowest BCUT2D eigenvalue weighted by Crippen LogP contribution is -2.29. The number of hydrogen-bond acceptors (Lipinski definition) is 2. The topological polar surface area (TPSA) is 15.6 Å². The largest absolute Gasteiger partial charge is 0.306 e. The van der Waals surface area contributed by atoms with Crippen LogP contribution in [0, 0.1) is 0 Å². The Morgan fingerprint density at radius 3 is 2.38 bits per heavy atom. The molecule has 16 heavy (non-hydrogen) atoms. The van der Waals surface area contributed by atoms with Crippen LogP contribution in [0.4, 0.5) is 5.69 Å². The van der Waals surface area contributed by atoms with Gasteiger partial charge >= 0.3 is 0 Å². The molecule has 1 aliphatic rings. The van der Waals surface area contributed by atoms with Crippen molar-refractivity contribution in [2.75, 3.05) is 4.90 Å². The zero-order chi connectivity index (χ0) is 11.8. The highest BCUT2D eigenvalue weighted by Gasteiger charge is 2.19. The van der Waals surface area contributed by atoms with E-state index in [9.17, 15) is 0 Å². The van der Waals surface area contributed by atoms with Crippen LogP contribution in [0.5, 0.6) is 0 Å². The highest BCUT2D eigenvalue weighted by atomic mass is 35.5. The van der Waals surface area contributed by atoms with E-state index in [0.29, 0.717) is 0 Å². The lowest BCUT2D eigenvalue weighted by atomic mass is 10.0. The van der Waals surface area contributed by atoms with E-state index in [-0.39, 0.29) is 5.54 Å². The van der Waals surface area contributed by atoms with Crippen LogP contribution >= 0.6 is 11.6 Å². The maximum atomic E-state index is 5.87. The summed E-state index contributed by atoms with van der Waals surface area (Å²) >= 11 is 5.87. The summed E-state index contributed by atoms with van der Waals surface area (Å²) in [5, 5.41) is 0.750. The van der Waals surface area contributed by atoms with E-state index in [1.54, 1.807) is 0 Å². The molecule has 1 aliphatic heterocycles. The Morgan fingerprint density at radius 2 is 1.81 bits per heavy atom. The van der Waals surface area contributed by atoms with Gasteiger partial charge in [-0.15, -0.1) is 0 Å². The fourth-order valence-electron chi connectivity index (χ4n) is 1.79. The van der Waals surface area contributed by atoms with E-state index >= 15 is 0 Å². The molecule has 0 spiro atoms. The third-order valence-electron chi connectivity index (χ3n) is 2.55. The number of nitrogens with zero attached hydrogens (tertiary/aromatic N) is 2. The van der Waals surface area contributed by atoms with Crippen LogP contribution in [0.2, 0.25) is 5.02 Å². The van der Waals surface area contributed by atoms with E-state index in [2.05, 4.69) is 36.7 Å². The number of halogens is 1. The van der Waals surface area contributed by atoms with Crippen LogP contribution in [0.3, 0.4) is 0 Å². The van der Waals surface area contributed by atoms with Crippen molar-refractivity contribution in [1.82, 2.24) is 0 Å². The van der Waals surface area contributed by atoms with Gasteiger partial charge in [-0.1, -0.05) is 11.6 Å². The molecule has 1 aromatic rings. The van der Waals surface area contributed by atoms with Crippen LogP contribution in [0.15, 0.2) is 41.0 Å². The molecule has 0 aliphatic carbocycles. The van der Waals surface area contributed by atoms with Gasteiger partial charge in [-0.25, -0.2) is 0 Å². The summed E-state index contributed by atoms with van der Waals surface area (Å²) in [4.78, 5) is 6.54. The highest BCUT2D eigenvalue weighted by Crippen LogP contribution is 2.26. The molecule has 0 saturated heterocycles. The molecule has 0 N–H and O–H groups in total. The smallest absolute Gasteiger partial charge is 0.0948 e. The molecule has 2 nitrogen and oxygen atoms in total. The molecule has 0 bridgehead atoms. The maximum Gasteiger partial charge on any atom is 0.0948 e. The molecule has 1 heterocycles. The van der Waals surface area contributed by atoms with Crippen LogP contribution in [-0.2, 0) is 0 Å². The van der Waals surface area contributed by atoms with Crippen molar-refractivity contribution in [3.8, 4) is 0 Å². The fraction of sp³-hybridized carbons (Fsp3) is 0.308. The summed E-state index contributed by atoms with van der Waals surface area (Å²) in [7, 11) is 0. The van der Waals surface area contributed by atoms with Crippen molar-refractivity contribution in [1.29, 1.82) is 0 Å². The summed E-state index contributed by atoms with van der Waals surface area (Å²) in [6.07, 6.45) is 4.03. The standard InChI is InChI=1S/C13H15ClN2/c1-10-8-13(2,3)15-9-16(10)12-6-4-11(14)5-7-12/h4-9H,1-3H3.